The number of nitrogens with zero attached hydrogens (tertiary/aromatic N) is 2. The van der Waals surface area contributed by atoms with Gasteiger partial charge in [0.1, 0.15) is 34.8 Å². The van der Waals surface area contributed by atoms with Crippen LogP contribution in [0.1, 0.15) is 37.0 Å². The molecule has 1 heterocycles. The number of halogens is 1. The second-order valence-corrected chi connectivity index (χ2v) is 5.93. The van der Waals surface area contributed by atoms with E-state index in [2.05, 4.69) is 4.98 Å². The van der Waals surface area contributed by atoms with Crippen molar-refractivity contribution in [2.75, 3.05) is 0 Å². The summed E-state index contributed by atoms with van der Waals surface area (Å²) in [6, 6.07) is 2.21. The van der Waals surface area contributed by atoms with Crippen LogP contribution in [0.3, 0.4) is 0 Å². The third-order valence-corrected chi connectivity index (χ3v) is 2.97. The number of carboxylic acids is 1. The Morgan fingerprint density at radius 2 is 2.00 bits per heavy atom. The molecule has 7 heteroatoms. The van der Waals surface area contributed by atoms with E-state index in [9.17, 15) is 14.0 Å². The lowest BCUT2D eigenvalue weighted by molar-refractivity contribution is -0.155. The van der Waals surface area contributed by atoms with Crippen LogP contribution >= 0.6 is 0 Å². The molecular formula is C15H17FN2O4. The maximum atomic E-state index is 14.1. The van der Waals surface area contributed by atoms with Gasteiger partial charge in [-0.25, -0.2) is 14.2 Å². The number of aromatic carboxylic acids is 1. The molecule has 1 aromatic heterocycles. The zero-order valence-electron chi connectivity index (χ0n) is 12.8. The molecule has 118 valence electrons. The molecule has 0 saturated carbocycles. The first-order chi connectivity index (χ1) is 10.1. The molecule has 2 aromatic rings. The number of fused-ring (bicyclic) bond motifs is 1. The molecule has 2 rings (SSSR count). The molecule has 1 N–H and O–H groups in total. The predicted octanol–water partition coefficient (Wildman–Crippen LogP) is 2.52. The van der Waals surface area contributed by atoms with E-state index in [0.29, 0.717) is 5.82 Å². The zero-order chi connectivity index (χ0) is 16.7. The minimum atomic E-state index is -1.20. The molecular weight excluding hydrogens is 291 g/mol. The van der Waals surface area contributed by atoms with Crippen LogP contribution in [0.25, 0.3) is 11.0 Å². The Balaban J connectivity index is 2.51. The molecule has 0 saturated heterocycles. The summed E-state index contributed by atoms with van der Waals surface area (Å²) >= 11 is 0. The van der Waals surface area contributed by atoms with Gasteiger partial charge in [-0.05, 0) is 39.8 Å². The molecule has 6 nitrogen and oxygen atoms in total. The topological polar surface area (TPSA) is 81.4 Å². The summed E-state index contributed by atoms with van der Waals surface area (Å²) in [6.07, 6.45) is 0. The quantitative estimate of drug-likeness (QED) is 0.881. The van der Waals surface area contributed by atoms with Gasteiger partial charge in [0.2, 0.25) is 0 Å². The van der Waals surface area contributed by atoms with Gasteiger partial charge in [-0.3, -0.25) is 4.79 Å². The standard InChI is InChI=1S/C15H17FN2O4/c1-8-17-12-9(14(20)21)5-6-10(16)13(12)18(8)7-11(19)22-15(2,3)4/h5-6H,7H2,1-4H3,(H,20,21). The fourth-order valence-electron chi connectivity index (χ4n) is 2.18. The number of aromatic nitrogens is 2. The van der Waals surface area contributed by atoms with Crippen LogP contribution in [0.2, 0.25) is 0 Å². The van der Waals surface area contributed by atoms with Crippen LogP contribution < -0.4 is 0 Å². The number of rotatable bonds is 3. The maximum Gasteiger partial charge on any atom is 0.337 e. The lowest BCUT2D eigenvalue weighted by Crippen LogP contribution is -2.26. The average Bonchev–Trinajstić information content (AvgIpc) is 2.64. The molecule has 0 spiro atoms. The van der Waals surface area contributed by atoms with Crippen LogP contribution in [0.15, 0.2) is 12.1 Å². The number of hydrogen-bond acceptors (Lipinski definition) is 4. The van der Waals surface area contributed by atoms with E-state index >= 15 is 0 Å². The van der Waals surface area contributed by atoms with Gasteiger partial charge in [0.15, 0.2) is 0 Å². The first-order valence-electron chi connectivity index (χ1n) is 6.70. The number of carbonyl (C=O) groups excluding carboxylic acids is 1. The maximum absolute atomic E-state index is 14.1. The molecule has 1 aromatic carbocycles. The van der Waals surface area contributed by atoms with E-state index in [0.717, 1.165) is 12.1 Å². The number of hydrogen-bond donors (Lipinski definition) is 1. The van der Waals surface area contributed by atoms with Gasteiger partial charge in [-0.2, -0.15) is 0 Å². The Morgan fingerprint density at radius 3 is 2.55 bits per heavy atom. The fraction of sp³-hybridized carbons (Fsp3) is 0.400. The Kier molecular flexibility index (Phi) is 3.91. The van der Waals surface area contributed by atoms with E-state index in [1.165, 1.54) is 4.57 Å². The highest BCUT2D eigenvalue weighted by molar-refractivity contribution is 6.01. The van der Waals surface area contributed by atoms with Gasteiger partial charge in [0.05, 0.1) is 5.56 Å². The second-order valence-electron chi connectivity index (χ2n) is 5.93. The highest BCUT2D eigenvalue weighted by Gasteiger charge is 2.22. The van der Waals surface area contributed by atoms with E-state index < -0.39 is 23.4 Å². The Labute approximate surface area is 126 Å². The number of esters is 1. The van der Waals surface area contributed by atoms with Crippen LogP contribution in [0, 0.1) is 12.7 Å². The van der Waals surface area contributed by atoms with E-state index in [1.807, 2.05) is 0 Å². The summed E-state index contributed by atoms with van der Waals surface area (Å²) in [5.41, 5.74) is -0.758. The average molecular weight is 308 g/mol. The Hall–Kier alpha value is -2.44. The van der Waals surface area contributed by atoms with E-state index in [-0.39, 0.29) is 23.1 Å². The third kappa shape index (κ3) is 3.08. The van der Waals surface area contributed by atoms with Crippen LogP contribution in [-0.2, 0) is 16.1 Å². The van der Waals surface area contributed by atoms with Crippen molar-refractivity contribution < 1.29 is 23.8 Å². The molecule has 0 bridgehead atoms. The zero-order valence-corrected chi connectivity index (χ0v) is 12.8. The van der Waals surface area contributed by atoms with Crippen molar-refractivity contribution in [3.05, 3.63) is 29.3 Å². The summed E-state index contributed by atoms with van der Waals surface area (Å²) < 4.78 is 20.6. The van der Waals surface area contributed by atoms with Crippen LogP contribution in [-0.4, -0.2) is 32.2 Å². The smallest absolute Gasteiger partial charge is 0.337 e. The Morgan fingerprint density at radius 1 is 1.36 bits per heavy atom. The number of ether oxygens (including phenoxy) is 1. The van der Waals surface area contributed by atoms with Crippen LogP contribution in [0.5, 0.6) is 0 Å². The molecule has 0 aliphatic rings. The van der Waals surface area contributed by atoms with Crippen molar-refractivity contribution in [2.45, 2.75) is 39.8 Å². The van der Waals surface area contributed by atoms with Gasteiger partial charge in [0, 0.05) is 0 Å². The second kappa shape index (κ2) is 5.40. The summed E-state index contributed by atoms with van der Waals surface area (Å²) in [5.74, 6) is -2.04. The summed E-state index contributed by atoms with van der Waals surface area (Å²) in [6.45, 7) is 6.53. The van der Waals surface area contributed by atoms with Crippen molar-refractivity contribution in [1.82, 2.24) is 9.55 Å². The lowest BCUT2D eigenvalue weighted by Gasteiger charge is -2.20. The first-order valence-corrected chi connectivity index (χ1v) is 6.70. The number of imidazole rings is 1. The predicted molar refractivity (Wildman–Crippen MR) is 77.2 cm³/mol. The molecule has 0 unspecified atom stereocenters. The van der Waals surface area contributed by atoms with Crippen molar-refractivity contribution in [1.29, 1.82) is 0 Å². The SMILES string of the molecule is Cc1nc2c(C(=O)O)ccc(F)c2n1CC(=O)OC(C)(C)C. The lowest BCUT2D eigenvalue weighted by atomic mass is 10.2. The molecule has 0 amide bonds. The number of benzene rings is 1. The van der Waals surface area contributed by atoms with E-state index in [4.69, 9.17) is 9.84 Å². The fourth-order valence-corrected chi connectivity index (χ4v) is 2.18. The van der Waals surface area contributed by atoms with Gasteiger partial charge >= 0.3 is 11.9 Å². The summed E-state index contributed by atoms with van der Waals surface area (Å²) in [4.78, 5) is 27.2. The van der Waals surface area contributed by atoms with Crippen molar-refractivity contribution in [3.8, 4) is 0 Å². The third-order valence-electron chi connectivity index (χ3n) is 2.97. The summed E-state index contributed by atoms with van der Waals surface area (Å²) in [7, 11) is 0. The van der Waals surface area contributed by atoms with Crippen LogP contribution in [0.4, 0.5) is 4.39 Å². The molecule has 0 fully saturated rings. The highest BCUT2D eigenvalue weighted by atomic mass is 19.1. The van der Waals surface area contributed by atoms with Crippen molar-refractivity contribution in [3.63, 3.8) is 0 Å². The van der Waals surface area contributed by atoms with Gasteiger partial charge in [-0.1, -0.05) is 0 Å². The molecule has 0 radical (unpaired) electrons. The summed E-state index contributed by atoms with van der Waals surface area (Å²) in [5, 5.41) is 9.15. The van der Waals surface area contributed by atoms with Crippen molar-refractivity contribution >= 4 is 23.0 Å². The largest absolute Gasteiger partial charge is 0.478 e. The Bertz CT molecular complexity index is 759. The first kappa shape index (κ1) is 15.9. The van der Waals surface area contributed by atoms with Crippen molar-refractivity contribution in [2.24, 2.45) is 0 Å². The molecule has 0 aliphatic heterocycles. The minimum Gasteiger partial charge on any atom is -0.478 e. The van der Waals surface area contributed by atoms with Gasteiger partial charge < -0.3 is 14.4 Å². The molecule has 0 aliphatic carbocycles. The van der Waals surface area contributed by atoms with Gasteiger partial charge in [0.25, 0.3) is 0 Å². The number of carboxylic acid groups (broad SMARTS) is 1. The monoisotopic (exact) mass is 308 g/mol. The normalized spacial score (nSPS) is 11.7. The van der Waals surface area contributed by atoms with E-state index in [1.54, 1.807) is 27.7 Å². The number of aryl methyl sites for hydroxylation is 1. The molecule has 22 heavy (non-hydrogen) atoms. The molecule has 0 atom stereocenters. The van der Waals surface area contributed by atoms with Gasteiger partial charge in [-0.15, -0.1) is 0 Å². The number of carbonyl (C=O) groups is 2. The highest BCUT2D eigenvalue weighted by Crippen LogP contribution is 2.23. The minimum absolute atomic E-state index is 0.0109.